The van der Waals surface area contributed by atoms with Crippen LogP contribution in [0.4, 0.5) is 10.1 Å². The molecule has 1 atom stereocenters. The SMILES string of the molecule is O=C(C=Cc1ccc(N2CCCC2=O)cc1)OC(c1cccc(F)c1)c1ccccn1. The van der Waals surface area contributed by atoms with E-state index in [0.29, 0.717) is 17.7 Å². The number of hydrogen-bond acceptors (Lipinski definition) is 4. The number of pyridine rings is 1. The first-order valence-corrected chi connectivity index (χ1v) is 10.1. The second-order valence-corrected chi connectivity index (χ2v) is 7.20. The summed E-state index contributed by atoms with van der Waals surface area (Å²) < 4.78 is 19.3. The molecule has 1 aromatic heterocycles. The van der Waals surface area contributed by atoms with E-state index in [1.54, 1.807) is 47.5 Å². The van der Waals surface area contributed by atoms with Crippen molar-refractivity contribution in [3.63, 3.8) is 0 Å². The number of carbonyl (C=O) groups excluding carboxylic acids is 2. The fraction of sp³-hybridized carbons (Fsp3) is 0.160. The Morgan fingerprint density at radius 3 is 2.61 bits per heavy atom. The minimum atomic E-state index is -0.822. The molecule has 0 aliphatic carbocycles. The second-order valence-electron chi connectivity index (χ2n) is 7.20. The van der Waals surface area contributed by atoms with E-state index >= 15 is 0 Å². The molecule has 1 fully saturated rings. The van der Waals surface area contributed by atoms with Gasteiger partial charge in [0.1, 0.15) is 5.82 Å². The minimum absolute atomic E-state index is 0.129. The Balaban J connectivity index is 1.47. The summed E-state index contributed by atoms with van der Waals surface area (Å²) in [5, 5.41) is 0. The number of rotatable bonds is 6. The second kappa shape index (κ2) is 9.34. The maximum atomic E-state index is 13.7. The zero-order chi connectivity index (χ0) is 21.6. The molecule has 2 aromatic carbocycles. The number of hydrogen-bond donors (Lipinski definition) is 0. The first-order chi connectivity index (χ1) is 15.1. The number of halogens is 1. The van der Waals surface area contributed by atoms with E-state index in [-0.39, 0.29) is 5.91 Å². The lowest BCUT2D eigenvalue weighted by atomic mass is 10.1. The van der Waals surface area contributed by atoms with Gasteiger partial charge < -0.3 is 9.64 Å². The predicted molar refractivity (Wildman–Crippen MR) is 116 cm³/mol. The molecule has 0 radical (unpaired) electrons. The highest BCUT2D eigenvalue weighted by atomic mass is 19.1. The summed E-state index contributed by atoms with van der Waals surface area (Å²) in [6.45, 7) is 0.731. The van der Waals surface area contributed by atoms with Crippen LogP contribution in [0.25, 0.3) is 6.08 Å². The van der Waals surface area contributed by atoms with Gasteiger partial charge in [0.2, 0.25) is 5.91 Å². The van der Waals surface area contributed by atoms with E-state index in [1.165, 1.54) is 18.2 Å². The van der Waals surface area contributed by atoms with Gasteiger partial charge >= 0.3 is 5.97 Å². The van der Waals surface area contributed by atoms with Crippen LogP contribution >= 0.6 is 0 Å². The maximum Gasteiger partial charge on any atom is 0.331 e. The fourth-order valence-electron chi connectivity index (χ4n) is 3.51. The fourth-order valence-corrected chi connectivity index (χ4v) is 3.51. The predicted octanol–water partition coefficient (Wildman–Crippen LogP) is 4.69. The first kappa shape index (κ1) is 20.5. The van der Waals surface area contributed by atoms with Gasteiger partial charge in [-0.05, 0) is 54.5 Å². The van der Waals surface area contributed by atoms with Gasteiger partial charge in [-0.3, -0.25) is 9.78 Å². The van der Waals surface area contributed by atoms with Gasteiger partial charge in [0.15, 0.2) is 6.10 Å². The molecule has 1 saturated heterocycles. The smallest absolute Gasteiger partial charge is 0.331 e. The van der Waals surface area contributed by atoms with Gasteiger partial charge in [-0.25, -0.2) is 9.18 Å². The molecule has 1 aliphatic rings. The van der Waals surface area contributed by atoms with Crippen molar-refractivity contribution < 1.29 is 18.7 Å². The van der Waals surface area contributed by atoms with Crippen LogP contribution in [0.2, 0.25) is 0 Å². The summed E-state index contributed by atoms with van der Waals surface area (Å²) in [6, 6.07) is 18.6. The average Bonchev–Trinajstić information content (AvgIpc) is 3.23. The van der Waals surface area contributed by atoms with Gasteiger partial charge in [0, 0.05) is 36.5 Å². The summed E-state index contributed by atoms with van der Waals surface area (Å²) in [5.41, 5.74) is 2.66. The molecule has 2 heterocycles. The largest absolute Gasteiger partial charge is 0.448 e. The van der Waals surface area contributed by atoms with Crippen molar-refractivity contribution in [1.29, 1.82) is 0 Å². The van der Waals surface area contributed by atoms with Crippen LogP contribution < -0.4 is 4.90 Å². The Bertz CT molecular complexity index is 1100. The summed E-state index contributed by atoms with van der Waals surface area (Å²) in [5.74, 6) is -0.856. The lowest BCUT2D eigenvalue weighted by molar-refractivity contribution is -0.141. The van der Waals surface area contributed by atoms with Crippen LogP contribution in [0.1, 0.15) is 35.8 Å². The van der Waals surface area contributed by atoms with Crippen LogP contribution in [0.5, 0.6) is 0 Å². The molecule has 0 bridgehead atoms. The van der Waals surface area contributed by atoms with E-state index < -0.39 is 17.9 Å². The van der Waals surface area contributed by atoms with Crippen LogP contribution in [0, 0.1) is 5.82 Å². The van der Waals surface area contributed by atoms with Gasteiger partial charge in [0.05, 0.1) is 5.69 Å². The molecule has 0 N–H and O–H groups in total. The van der Waals surface area contributed by atoms with E-state index in [4.69, 9.17) is 4.74 Å². The van der Waals surface area contributed by atoms with Crippen molar-refractivity contribution in [2.24, 2.45) is 0 Å². The Morgan fingerprint density at radius 2 is 1.94 bits per heavy atom. The monoisotopic (exact) mass is 416 g/mol. The zero-order valence-corrected chi connectivity index (χ0v) is 16.8. The normalized spacial score (nSPS) is 14.7. The molecule has 156 valence electrons. The third-order valence-corrected chi connectivity index (χ3v) is 5.03. The van der Waals surface area contributed by atoms with Crippen LogP contribution in [0.3, 0.4) is 0 Å². The van der Waals surface area contributed by atoms with Crippen molar-refractivity contribution >= 4 is 23.6 Å². The van der Waals surface area contributed by atoms with Crippen LogP contribution in [-0.4, -0.2) is 23.4 Å². The van der Waals surface area contributed by atoms with Crippen molar-refractivity contribution in [3.05, 3.63) is 102 Å². The third-order valence-electron chi connectivity index (χ3n) is 5.03. The number of ether oxygens (including phenoxy) is 1. The Morgan fingerprint density at radius 1 is 1.10 bits per heavy atom. The standard InChI is InChI=1S/C25H21FN2O3/c26-20-6-3-5-19(17-20)25(22-7-1-2-15-27-22)31-24(30)14-11-18-9-12-21(13-10-18)28-16-4-8-23(28)29/h1-3,5-7,9-15,17,25H,4,8,16H2. The number of benzene rings is 2. The number of anilines is 1. The highest BCUT2D eigenvalue weighted by Gasteiger charge is 2.21. The zero-order valence-electron chi connectivity index (χ0n) is 16.8. The molecular weight excluding hydrogens is 395 g/mol. The topological polar surface area (TPSA) is 59.5 Å². The van der Waals surface area contributed by atoms with E-state index in [9.17, 15) is 14.0 Å². The van der Waals surface area contributed by atoms with Gasteiger partial charge in [-0.15, -0.1) is 0 Å². The van der Waals surface area contributed by atoms with Crippen LogP contribution in [-0.2, 0) is 14.3 Å². The van der Waals surface area contributed by atoms with Crippen molar-refractivity contribution in [2.45, 2.75) is 18.9 Å². The highest BCUT2D eigenvalue weighted by molar-refractivity contribution is 5.95. The Hall–Kier alpha value is -3.80. The number of amides is 1. The quantitative estimate of drug-likeness (QED) is 0.432. The third kappa shape index (κ3) is 5.04. The molecule has 3 aromatic rings. The molecule has 1 unspecified atom stereocenters. The van der Waals surface area contributed by atoms with Crippen molar-refractivity contribution in [3.8, 4) is 0 Å². The molecule has 1 amide bonds. The van der Waals surface area contributed by atoms with Gasteiger partial charge in [0.25, 0.3) is 0 Å². The molecule has 1 aliphatic heterocycles. The number of aromatic nitrogens is 1. The molecule has 4 rings (SSSR count). The van der Waals surface area contributed by atoms with Gasteiger partial charge in [-0.2, -0.15) is 0 Å². The average molecular weight is 416 g/mol. The number of esters is 1. The number of carbonyl (C=O) groups is 2. The summed E-state index contributed by atoms with van der Waals surface area (Å²) >= 11 is 0. The Kier molecular flexibility index (Phi) is 6.17. The molecule has 0 spiro atoms. The Labute approximate surface area is 179 Å². The first-order valence-electron chi connectivity index (χ1n) is 10.1. The number of nitrogens with zero attached hydrogens (tertiary/aromatic N) is 2. The summed E-state index contributed by atoms with van der Waals surface area (Å²) in [6.07, 6.45) is 5.19. The lowest BCUT2D eigenvalue weighted by Crippen LogP contribution is -2.23. The van der Waals surface area contributed by atoms with Crippen molar-refractivity contribution in [1.82, 2.24) is 4.98 Å². The molecule has 31 heavy (non-hydrogen) atoms. The van der Waals surface area contributed by atoms with Gasteiger partial charge in [-0.1, -0.05) is 30.3 Å². The molecule has 0 saturated carbocycles. The molecule has 5 nitrogen and oxygen atoms in total. The molecule has 6 heteroatoms. The van der Waals surface area contributed by atoms with E-state index in [1.807, 2.05) is 24.3 Å². The minimum Gasteiger partial charge on any atom is -0.448 e. The lowest BCUT2D eigenvalue weighted by Gasteiger charge is -2.17. The molecular formula is C25H21FN2O3. The van der Waals surface area contributed by atoms with Crippen LogP contribution in [0.15, 0.2) is 79.0 Å². The van der Waals surface area contributed by atoms with E-state index in [2.05, 4.69) is 4.98 Å². The summed E-state index contributed by atoms with van der Waals surface area (Å²) in [7, 11) is 0. The highest BCUT2D eigenvalue weighted by Crippen LogP contribution is 2.26. The summed E-state index contributed by atoms with van der Waals surface area (Å²) in [4.78, 5) is 30.4. The van der Waals surface area contributed by atoms with Crippen molar-refractivity contribution in [2.75, 3.05) is 11.4 Å². The maximum absolute atomic E-state index is 13.7. The van der Waals surface area contributed by atoms with E-state index in [0.717, 1.165) is 24.2 Å².